The standard InChI is InChI=1S/C19H21NO6S/c1-12(21)14-6-7-16(17(9-14)24-3)25-11-18(22)26-13(2)19(23)20-10-15-5-4-8-27-15/h4-9,13H,10-11H2,1-3H3,(H,20,23). The van der Waals surface area contributed by atoms with Gasteiger partial charge in [0.1, 0.15) is 0 Å². The lowest BCUT2D eigenvalue weighted by Crippen LogP contribution is -2.36. The smallest absolute Gasteiger partial charge is 0.344 e. The molecule has 1 aromatic carbocycles. The van der Waals surface area contributed by atoms with Crippen molar-refractivity contribution in [2.45, 2.75) is 26.5 Å². The van der Waals surface area contributed by atoms with E-state index in [9.17, 15) is 14.4 Å². The van der Waals surface area contributed by atoms with Gasteiger partial charge in [-0.05, 0) is 43.5 Å². The summed E-state index contributed by atoms with van der Waals surface area (Å²) in [5.41, 5.74) is 0.470. The minimum atomic E-state index is -0.942. The largest absolute Gasteiger partial charge is 0.493 e. The lowest BCUT2D eigenvalue weighted by Gasteiger charge is -2.14. The van der Waals surface area contributed by atoms with Crippen molar-refractivity contribution in [3.8, 4) is 11.5 Å². The van der Waals surface area contributed by atoms with Crippen LogP contribution >= 0.6 is 11.3 Å². The minimum absolute atomic E-state index is 0.110. The molecule has 1 heterocycles. The molecule has 1 unspecified atom stereocenters. The summed E-state index contributed by atoms with van der Waals surface area (Å²) in [7, 11) is 1.43. The predicted octanol–water partition coefficient (Wildman–Crippen LogP) is 2.59. The van der Waals surface area contributed by atoms with Crippen molar-refractivity contribution in [3.05, 3.63) is 46.2 Å². The molecule has 0 saturated heterocycles. The highest BCUT2D eigenvalue weighted by Crippen LogP contribution is 2.28. The summed E-state index contributed by atoms with van der Waals surface area (Å²) in [4.78, 5) is 36.3. The molecule has 2 aromatic rings. The van der Waals surface area contributed by atoms with Gasteiger partial charge in [-0.2, -0.15) is 0 Å². The zero-order valence-corrected chi connectivity index (χ0v) is 16.1. The number of hydrogen-bond donors (Lipinski definition) is 1. The Hall–Kier alpha value is -2.87. The molecular weight excluding hydrogens is 370 g/mol. The first-order valence-electron chi connectivity index (χ1n) is 8.22. The molecule has 2 rings (SSSR count). The van der Waals surface area contributed by atoms with Crippen LogP contribution in [0, 0.1) is 0 Å². The van der Waals surface area contributed by atoms with Crippen LogP contribution in [0.15, 0.2) is 35.7 Å². The van der Waals surface area contributed by atoms with E-state index in [1.165, 1.54) is 38.4 Å². The molecule has 0 spiro atoms. The Bertz CT molecular complexity index is 803. The van der Waals surface area contributed by atoms with Crippen LogP contribution in [0.2, 0.25) is 0 Å². The summed E-state index contributed by atoms with van der Waals surface area (Å²) in [6, 6.07) is 8.44. The predicted molar refractivity (Wildman–Crippen MR) is 100 cm³/mol. The summed E-state index contributed by atoms with van der Waals surface area (Å²) in [5, 5.41) is 4.62. The fourth-order valence-electron chi connectivity index (χ4n) is 2.16. The van der Waals surface area contributed by atoms with Gasteiger partial charge in [0.2, 0.25) is 0 Å². The molecule has 0 bridgehead atoms. The fraction of sp³-hybridized carbons (Fsp3) is 0.316. The maximum Gasteiger partial charge on any atom is 0.344 e. The molecule has 0 fully saturated rings. The molecular formula is C19H21NO6S. The van der Waals surface area contributed by atoms with Crippen LogP contribution in [-0.4, -0.2) is 37.5 Å². The molecule has 0 saturated carbocycles. The number of ketones is 1. The van der Waals surface area contributed by atoms with Crippen molar-refractivity contribution in [2.24, 2.45) is 0 Å². The van der Waals surface area contributed by atoms with E-state index >= 15 is 0 Å². The van der Waals surface area contributed by atoms with Gasteiger partial charge in [0.15, 0.2) is 30.0 Å². The Kier molecular flexibility index (Phi) is 7.36. The van der Waals surface area contributed by atoms with Crippen LogP contribution < -0.4 is 14.8 Å². The number of methoxy groups -OCH3 is 1. The number of thiophene rings is 1. The van der Waals surface area contributed by atoms with Crippen molar-refractivity contribution < 1.29 is 28.6 Å². The highest BCUT2D eigenvalue weighted by atomic mass is 32.1. The van der Waals surface area contributed by atoms with Crippen molar-refractivity contribution in [1.82, 2.24) is 5.32 Å². The van der Waals surface area contributed by atoms with Gasteiger partial charge in [0, 0.05) is 10.4 Å². The Labute approximate surface area is 161 Å². The SMILES string of the molecule is COc1cc(C(C)=O)ccc1OCC(=O)OC(C)C(=O)NCc1cccs1. The van der Waals surface area contributed by atoms with E-state index in [2.05, 4.69) is 5.32 Å². The van der Waals surface area contributed by atoms with Crippen molar-refractivity contribution >= 4 is 29.0 Å². The van der Waals surface area contributed by atoms with E-state index in [4.69, 9.17) is 14.2 Å². The van der Waals surface area contributed by atoms with Crippen LogP contribution in [0.3, 0.4) is 0 Å². The average molecular weight is 391 g/mol. The van der Waals surface area contributed by atoms with Crippen molar-refractivity contribution in [2.75, 3.05) is 13.7 Å². The Balaban J connectivity index is 1.83. The first-order valence-corrected chi connectivity index (χ1v) is 9.10. The molecule has 1 amide bonds. The van der Waals surface area contributed by atoms with Crippen LogP contribution in [0.1, 0.15) is 29.1 Å². The molecule has 1 atom stereocenters. The zero-order valence-electron chi connectivity index (χ0n) is 15.3. The van der Waals surface area contributed by atoms with Gasteiger partial charge in [0.25, 0.3) is 5.91 Å². The van der Waals surface area contributed by atoms with Crippen LogP contribution in [0.5, 0.6) is 11.5 Å². The number of esters is 1. The van der Waals surface area contributed by atoms with Gasteiger partial charge >= 0.3 is 5.97 Å². The third-order valence-corrected chi connectivity index (χ3v) is 4.49. The van der Waals surface area contributed by atoms with E-state index in [1.54, 1.807) is 12.1 Å². The summed E-state index contributed by atoms with van der Waals surface area (Å²) < 4.78 is 15.6. The first-order chi connectivity index (χ1) is 12.9. The van der Waals surface area contributed by atoms with Crippen molar-refractivity contribution in [1.29, 1.82) is 0 Å². The zero-order chi connectivity index (χ0) is 19.8. The molecule has 144 valence electrons. The average Bonchev–Trinajstić information content (AvgIpc) is 3.17. The second-order valence-corrected chi connectivity index (χ2v) is 6.67. The number of nitrogens with one attached hydrogen (secondary N) is 1. The number of hydrogen-bond acceptors (Lipinski definition) is 7. The van der Waals surface area contributed by atoms with Crippen LogP contribution in [0.4, 0.5) is 0 Å². The number of amides is 1. The second-order valence-electron chi connectivity index (χ2n) is 5.64. The quantitative estimate of drug-likeness (QED) is 0.522. The van der Waals surface area contributed by atoms with Crippen LogP contribution in [0.25, 0.3) is 0 Å². The minimum Gasteiger partial charge on any atom is -0.493 e. The molecule has 8 heteroatoms. The van der Waals surface area contributed by atoms with Gasteiger partial charge < -0.3 is 19.5 Å². The van der Waals surface area contributed by atoms with Gasteiger partial charge in [-0.1, -0.05) is 6.07 Å². The molecule has 27 heavy (non-hydrogen) atoms. The van der Waals surface area contributed by atoms with E-state index in [0.29, 0.717) is 23.6 Å². The summed E-state index contributed by atoms with van der Waals surface area (Å²) in [5.74, 6) is -0.556. The number of Topliss-reactive ketones (excluding diaryl/α,β-unsaturated/α-hetero) is 1. The molecule has 1 N–H and O–H groups in total. The number of carbonyl (C=O) groups excluding carboxylic acids is 3. The molecule has 7 nitrogen and oxygen atoms in total. The van der Waals surface area contributed by atoms with E-state index in [-0.39, 0.29) is 11.7 Å². The van der Waals surface area contributed by atoms with E-state index in [1.807, 2.05) is 17.5 Å². The Morgan fingerprint density at radius 3 is 2.59 bits per heavy atom. The maximum absolute atomic E-state index is 12.0. The van der Waals surface area contributed by atoms with Gasteiger partial charge in [-0.25, -0.2) is 4.79 Å². The lowest BCUT2D eigenvalue weighted by atomic mass is 10.1. The van der Waals surface area contributed by atoms with E-state index < -0.39 is 18.7 Å². The topological polar surface area (TPSA) is 90.9 Å². The van der Waals surface area contributed by atoms with Gasteiger partial charge in [0.05, 0.1) is 13.7 Å². The lowest BCUT2D eigenvalue weighted by molar-refractivity contribution is -0.156. The Morgan fingerprint density at radius 1 is 1.19 bits per heavy atom. The fourth-order valence-corrected chi connectivity index (χ4v) is 2.80. The number of rotatable bonds is 9. The first kappa shape index (κ1) is 20.4. The highest BCUT2D eigenvalue weighted by molar-refractivity contribution is 7.09. The third-order valence-electron chi connectivity index (χ3n) is 3.61. The number of carbonyl (C=O) groups is 3. The van der Waals surface area contributed by atoms with E-state index in [0.717, 1.165) is 4.88 Å². The van der Waals surface area contributed by atoms with Gasteiger partial charge in [-0.3, -0.25) is 9.59 Å². The van der Waals surface area contributed by atoms with Crippen molar-refractivity contribution in [3.63, 3.8) is 0 Å². The second kappa shape index (κ2) is 9.72. The molecule has 0 aliphatic carbocycles. The molecule has 0 aliphatic rings. The summed E-state index contributed by atoms with van der Waals surface area (Å²) in [6.45, 7) is 2.92. The normalized spacial score (nSPS) is 11.4. The number of benzene rings is 1. The maximum atomic E-state index is 12.0. The van der Waals surface area contributed by atoms with Crippen LogP contribution in [-0.2, 0) is 20.9 Å². The molecule has 1 aromatic heterocycles. The highest BCUT2D eigenvalue weighted by Gasteiger charge is 2.18. The number of ether oxygens (including phenoxy) is 3. The summed E-state index contributed by atoms with van der Waals surface area (Å²) in [6.07, 6.45) is -0.942. The molecule has 0 aliphatic heterocycles. The third kappa shape index (κ3) is 6.10. The summed E-state index contributed by atoms with van der Waals surface area (Å²) >= 11 is 1.53. The molecule has 0 radical (unpaired) electrons. The monoisotopic (exact) mass is 391 g/mol. The Morgan fingerprint density at radius 2 is 1.96 bits per heavy atom. The van der Waals surface area contributed by atoms with Gasteiger partial charge in [-0.15, -0.1) is 11.3 Å².